The molecule has 4 rings (SSSR count). The van der Waals surface area contributed by atoms with Crippen molar-refractivity contribution in [1.29, 1.82) is 0 Å². The summed E-state index contributed by atoms with van der Waals surface area (Å²) >= 11 is -0.815. The van der Waals surface area contributed by atoms with Crippen LogP contribution < -0.4 is 9.78 Å². The molecule has 1 saturated heterocycles. The Bertz CT molecular complexity index is 1220. The average molecular weight is 535 g/mol. The van der Waals surface area contributed by atoms with Crippen molar-refractivity contribution in [3.8, 4) is 0 Å². The molecule has 1 fully saturated rings. The molecule has 0 aliphatic carbocycles. The molecule has 2 unspecified atom stereocenters. The van der Waals surface area contributed by atoms with Gasteiger partial charge in [0, 0.05) is 0 Å². The van der Waals surface area contributed by atoms with Crippen LogP contribution in [0, 0.1) is 5.82 Å². The first-order chi connectivity index (χ1) is 16.1. The van der Waals surface area contributed by atoms with Gasteiger partial charge in [0.2, 0.25) is 0 Å². The van der Waals surface area contributed by atoms with Gasteiger partial charge in [0.1, 0.15) is 0 Å². The molecule has 4 nitrogen and oxygen atoms in total. The number of hydrogen-bond donors (Lipinski definition) is 1. The van der Waals surface area contributed by atoms with Crippen LogP contribution in [0.4, 0.5) is 23.2 Å². The van der Waals surface area contributed by atoms with E-state index >= 15 is 0 Å². The molecular formula is C25H20F4N2O2Se. The van der Waals surface area contributed by atoms with Gasteiger partial charge in [0.15, 0.2) is 0 Å². The zero-order valence-electron chi connectivity index (χ0n) is 18.0. The molecule has 0 spiro atoms. The monoisotopic (exact) mass is 536 g/mol. The van der Waals surface area contributed by atoms with E-state index in [0.717, 1.165) is 16.6 Å². The number of amides is 2. The van der Waals surface area contributed by atoms with E-state index in [0.29, 0.717) is 0 Å². The molecule has 0 aromatic heterocycles. The minimum atomic E-state index is -4.58. The zero-order valence-corrected chi connectivity index (χ0v) is 19.7. The van der Waals surface area contributed by atoms with E-state index < -0.39 is 54.6 Å². The van der Waals surface area contributed by atoms with Crippen molar-refractivity contribution in [2.45, 2.75) is 16.4 Å². The topological polar surface area (TPSA) is 49.4 Å². The van der Waals surface area contributed by atoms with Crippen molar-refractivity contribution in [3.63, 3.8) is 0 Å². The molecule has 0 bridgehead atoms. The summed E-state index contributed by atoms with van der Waals surface area (Å²) in [6.07, 6.45) is -4.58. The number of benzene rings is 3. The minimum absolute atomic E-state index is 0.0550. The molecule has 1 N–H and O–H groups in total. The van der Waals surface area contributed by atoms with E-state index in [9.17, 15) is 27.2 Å². The maximum atomic E-state index is 14.3. The Labute approximate surface area is 200 Å². The van der Waals surface area contributed by atoms with E-state index in [2.05, 4.69) is 5.32 Å². The van der Waals surface area contributed by atoms with Crippen molar-refractivity contribution in [1.82, 2.24) is 4.90 Å². The Hall–Kier alpha value is -3.16. The summed E-state index contributed by atoms with van der Waals surface area (Å²) in [5, 5.41) is 2.54. The quantitative estimate of drug-likeness (QED) is 0.302. The molecule has 3 aromatic rings. The first-order valence-corrected chi connectivity index (χ1v) is 12.1. The van der Waals surface area contributed by atoms with Gasteiger partial charge in [0.25, 0.3) is 0 Å². The van der Waals surface area contributed by atoms with Crippen LogP contribution in [0.1, 0.15) is 17.0 Å². The van der Waals surface area contributed by atoms with E-state index in [1.54, 1.807) is 36.4 Å². The number of nitrogens with zero attached hydrogens (tertiary/aromatic N) is 1. The predicted octanol–water partition coefficient (Wildman–Crippen LogP) is 4.23. The van der Waals surface area contributed by atoms with Gasteiger partial charge in [-0.3, -0.25) is 0 Å². The van der Waals surface area contributed by atoms with E-state index in [1.807, 2.05) is 0 Å². The summed E-state index contributed by atoms with van der Waals surface area (Å²) in [5.41, 5.74) is -0.725. The summed E-state index contributed by atoms with van der Waals surface area (Å²) in [5.74, 6) is -2.78. The fourth-order valence-electron chi connectivity index (χ4n) is 4.06. The van der Waals surface area contributed by atoms with Gasteiger partial charge < -0.3 is 0 Å². The number of halogens is 4. The standard InChI is InChI=1S/C25H20F4N2O2Se/c1-31-15-19(16-8-7-9-17(14-16)25(27,28)29)24(23(31)33,34-18-10-3-2-4-11-18)22(32)30-21-13-6-5-12-20(21)26/h2-14,19H,15H2,1H3,(H,30,32). The SMILES string of the molecule is CN1CC(c2cccc(C(F)(F)F)c2)C([Se]c2ccccc2)(C(=O)Nc2ccccc2F)C1=O. The fourth-order valence-corrected chi connectivity index (χ4v) is 7.01. The van der Waals surface area contributed by atoms with Crippen LogP contribution in [0.5, 0.6) is 0 Å². The second-order valence-electron chi connectivity index (χ2n) is 7.95. The van der Waals surface area contributed by atoms with Crippen molar-refractivity contribution in [2.24, 2.45) is 0 Å². The first kappa shape index (κ1) is 24.0. The van der Waals surface area contributed by atoms with Crippen molar-refractivity contribution in [2.75, 3.05) is 18.9 Å². The third-order valence-electron chi connectivity index (χ3n) is 5.71. The first-order valence-electron chi connectivity index (χ1n) is 10.4. The number of anilines is 1. The van der Waals surface area contributed by atoms with Gasteiger partial charge in [-0.15, -0.1) is 0 Å². The molecule has 9 heteroatoms. The molecule has 176 valence electrons. The van der Waals surface area contributed by atoms with Gasteiger partial charge in [-0.25, -0.2) is 0 Å². The van der Waals surface area contributed by atoms with Crippen LogP contribution in [0.2, 0.25) is 4.31 Å². The zero-order chi connectivity index (χ0) is 24.5. The number of nitrogens with one attached hydrogen (secondary N) is 1. The molecule has 2 atom stereocenters. The summed E-state index contributed by atoms with van der Waals surface area (Å²) in [6.45, 7) is 0.0550. The summed E-state index contributed by atoms with van der Waals surface area (Å²) in [7, 11) is 1.52. The number of carbonyl (C=O) groups excluding carboxylic acids is 2. The van der Waals surface area contributed by atoms with Crippen LogP contribution in [0.25, 0.3) is 0 Å². The normalized spacial score (nSPS) is 20.4. The molecule has 1 aliphatic rings. The average Bonchev–Trinajstić information content (AvgIpc) is 3.07. The fraction of sp³-hybridized carbons (Fsp3) is 0.200. The molecule has 0 saturated carbocycles. The van der Waals surface area contributed by atoms with Crippen LogP contribution in [-0.4, -0.2) is 45.3 Å². The van der Waals surface area contributed by atoms with E-state index in [1.165, 1.54) is 42.3 Å². The molecule has 1 heterocycles. The third-order valence-corrected chi connectivity index (χ3v) is 8.80. The Balaban J connectivity index is 1.85. The number of hydrogen-bond acceptors (Lipinski definition) is 2. The summed E-state index contributed by atoms with van der Waals surface area (Å²) in [6, 6.07) is 19.1. The Kier molecular flexibility index (Phi) is 6.51. The molecular weight excluding hydrogens is 515 g/mol. The van der Waals surface area contributed by atoms with Gasteiger partial charge in [-0.05, 0) is 0 Å². The maximum absolute atomic E-state index is 14.3. The Morgan fingerprint density at radius 3 is 2.38 bits per heavy atom. The van der Waals surface area contributed by atoms with E-state index in [-0.39, 0.29) is 17.8 Å². The molecule has 1 aliphatic heterocycles. The number of carbonyl (C=O) groups is 2. The molecule has 34 heavy (non-hydrogen) atoms. The predicted molar refractivity (Wildman–Crippen MR) is 121 cm³/mol. The molecule has 2 amide bonds. The number of likely N-dealkylation sites (tertiary alicyclic amines) is 1. The third kappa shape index (κ3) is 4.45. The second kappa shape index (κ2) is 9.24. The van der Waals surface area contributed by atoms with Crippen LogP contribution in [-0.2, 0) is 15.8 Å². The van der Waals surface area contributed by atoms with Crippen LogP contribution in [0.15, 0.2) is 78.9 Å². The van der Waals surface area contributed by atoms with Gasteiger partial charge >= 0.3 is 200 Å². The molecule has 3 aromatic carbocycles. The number of likely N-dealkylation sites (N-methyl/N-ethyl adjacent to an activating group) is 1. The van der Waals surface area contributed by atoms with Gasteiger partial charge in [-0.2, -0.15) is 0 Å². The van der Waals surface area contributed by atoms with Gasteiger partial charge in [-0.1, -0.05) is 0 Å². The molecule has 0 radical (unpaired) electrons. The van der Waals surface area contributed by atoms with Crippen LogP contribution in [0.3, 0.4) is 0 Å². The van der Waals surface area contributed by atoms with Crippen molar-refractivity contribution in [3.05, 3.63) is 95.8 Å². The number of alkyl halides is 3. The Morgan fingerprint density at radius 1 is 1.03 bits per heavy atom. The summed E-state index contributed by atoms with van der Waals surface area (Å²) in [4.78, 5) is 28.7. The second-order valence-corrected chi connectivity index (χ2v) is 10.7. The van der Waals surface area contributed by atoms with Crippen molar-refractivity contribution < 1.29 is 27.2 Å². The Morgan fingerprint density at radius 2 is 1.71 bits per heavy atom. The van der Waals surface area contributed by atoms with Crippen molar-refractivity contribution >= 4 is 36.9 Å². The number of para-hydroxylation sites is 1. The van der Waals surface area contributed by atoms with Crippen LogP contribution >= 0.6 is 0 Å². The van der Waals surface area contributed by atoms with Gasteiger partial charge in [0.05, 0.1) is 0 Å². The summed E-state index contributed by atoms with van der Waals surface area (Å²) < 4.78 is 53.7. The number of rotatable bonds is 5. The van der Waals surface area contributed by atoms with E-state index in [4.69, 9.17) is 0 Å².